The standard InChI is InChI=1S/C15H18FN5O/c1-9-13(10(2)18-14(17-9)21(3)4)20-15(22)19-12-7-5-6-11(16)8-12/h5-8H,1-4H3,(H2,19,20,22). The third kappa shape index (κ3) is 3.69. The average molecular weight is 303 g/mol. The largest absolute Gasteiger partial charge is 0.347 e. The van der Waals surface area contributed by atoms with Crippen molar-refractivity contribution in [3.63, 3.8) is 0 Å². The second-order valence-electron chi connectivity index (χ2n) is 5.05. The number of benzene rings is 1. The Morgan fingerprint density at radius 2 is 1.77 bits per heavy atom. The van der Waals surface area contributed by atoms with Gasteiger partial charge in [0.05, 0.1) is 17.1 Å². The molecule has 0 radical (unpaired) electrons. The number of carbonyl (C=O) groups excluding carboxylic acids is 1. The molecule has 0 spiro atoms. The van der Waals surface area contributed by atoms with Crippen molar-refractivity contribution in [2.75, 3.05) is 29.6 Å². The molecule has 116 valence electrons. The van der Waals surface area contributed by atoms with E-state index in [4.69, 9.17) is 0 Å². The number of anilines is 3. The lowest BCUT2D eigenvalue weighted by molar-refractivity contribution is 0.262. The third-order valence-electron chi connectivity index (χ3n) is 2.98. The van der Waals surface area contributed by atoms with Gasteiger partial charge in [0, 0.05) is 19.8 Å². The van der Waals surface area contributed by atoms with Crippen molar-refractivity contribution in [1.82, 2.24) is 9.97 Å². The van der Waals surface area contributed by atoms with Crippen molar-refractivity contribution in [1.29, 1.82) is 0 Å². The second kappa shape index (κ2) is 6.38. The molecule has 0 saturated carbocycles. The highest BCUT2D eigenvalue weighted by atomic mass is 19.1. The van der Waals surface area contributed by atoms with Crippen LogP contribution in [0.4, 0.5) is 26.5 Å². The summed E-state index contributed by atoms with van der Waals surface area (Å²) in [5.41, 5.74) is 2.23. The zero-order valence-corrected chi connectivity index (χ0v) is 12.9. The van der Waals surface area contributed by atoms with Crippen molar-refractivity contribution in [2.45, 2.75) is 13.8 Å². The molecule has 0 aliphatic heterocycles. The van der Waals surface area contributed by atoms with E-state index in [9.17, 15) is 9.18 Å². The number of carbonyl (C=O) groups is 1. The molecule has 2 rings (SSSR count). The Morgan fingerprint density at radius 3 is 2.32 bits per heavy atom. The fourth-order valence-corrected chi connectivity index (χ4v) is 1.92. The first-order valence-corrected chi connectivity index (χ1v) is 6.73. The molecule has 0 fully saturated rings. The molecular weight excluding hydrogens is 285 g/mol. The summed E-state index contributed by atoms with van der Waals surface area (Å²) in [5, 5.41) is 5.26. The maximum Gasteiger partial charge on any atom is 0.323 e. The van der Waals surface area contributed by atoms with E-state index in [2.05, 4.69) is 20.6 Å². The van der Waals surface area contributed by atoms with Crippen LogP contribution >= 0.6 is 0 Å². The number of aromatic nitrogens is 2. The van der Waals surface area contributed by atoms with Gasteiger partial charge in [0.15, 0.2) is 0 Å². The van der Waals surface area contributed by atoms with Gasteiger partial charge in [-0.15, -0.1) is 0 Å². The van der Waals surface area contributed by atoms with Gasteiger partial charge in [-0.3, -0.25) is 0 Å². The van der Waals surface area contributed by atoms with E-state index < -0.39 is 11.8 Å². The SMILES string of the molecule is Cc1nc(N(C)C)nc(C)c1NC(=O)Nc1cccc(F)c1. The number of nitrogens with zero attached hydrogens (tertiary/aromatic N) is 3. The van der Waals surface area contributed by atoms with Crippen LogP contribution in [0.25, 0.3) is 0 Å². The molecule has 7 heteroatoms. The molecule has 2 amide bonds. The molecule has 0 aliphatic carbocycles. The van der Waals surface area contributed by atoms with Gasteiger partial charge in [-0.25, -0.2) is 19.2 Å². The fraction of sp³-hybridized carbons (Fsp3) is 0.267. The van der Waals surface area contributed by atoms with Gasteiger partial charge >= 0.3 is 6.03 Å². The molecule has 1 aromatic heterocycles. The lowest BCUT2D eigenvalue weighted by Crippen LogP contribution is -2.22. The zero-order valence-electron chi connectivity index (χ0n) is 12.9. The average Bonchev–Trinajstić information content (AvgIpc) is 2.42. The van der Waals surface area contributed by atoms with Crippen LogP contribution in [0.3, 0.4) is 0 Å². The molecule has 0 atom stereocenters. The molecular formula is C15H18FN5O. The number of hydrogen-bond acceptors (Lipinski definition) is 4. The fourth-order valence-electron chi connectivity index (χ4n) is 1.92. The molecule has 0 saturated heterocycles. The topological polar surface area (TPSA) is 70.2 Å². The molecule has 2 N–H and O–H groups in total. The number of aryl methyl sites for hydroxylation is 2. The summed E-state index contributed by atoms with van der Waals surface area (Å²) in [6.07, 6.45) is 0. The van der Waals surface area contributed by atoms with Gasteiger partial charge in [0.1, 0.15) is 5.82 Å². The number of nitrogens with one attached hydrogen (secondary N) is 2. The smallest absolute Gasteiger partial charge is 0.323 e. The first kappa shape index (κ1) is 15.7. The molecule has 2 aromatic rings. The summed E-state index contributed by atoms with van der Waals surface area (Å²) in [5.74, 6) is 0.162. The van der Waals surface area contributed by atoms with Crippen molar-refractivity contribution in [3.8, 4) is 0 Å². The first-order chi connectivity index (χ1) is 10.4. The van der Waals surface area contributed by atoms with Crippen molar-refractivity contribution < 1.29 is 9.18 Å². The number of halogens is 1. The second-order valence-corrected chi connectivity index (χ2v) is 5.05. The van der Waals surface area contributed by atoms with Crippen LogP contribution in [0.15, 0.2) is 24.3 Å². The minimum atomic E-state index is -0.474. The van der Waals surface area contributed by atoms with Crippen LogP contribution in [0.5, 0.6) is 0 Å². The summed E-state index contributed by atoms with van der Waals surface area (Å²) in [6, 6.07) is 5.21. The number of urea groups is 1. The maximum absolute atomic E-state index is 13.1. The zero-order chi connectivity index (χ0) is 16.3. The predicted molar refractivity (Wildman–Crippen MR) is 84.9 cm³/mol. The van der Waals surface area contributed by atoms with Gasteiger partial charge in [0.2, 0.25) is 5.95 Å². The number of hydrogen-bond donors (Lipinski definition) is 2. The van der Waals surface area contributed by atoms with Crippen molar-refractivity contribution in [2.24, 2.45) is 0 Å². The Kier molecular flexibility index (Phi) is 4.55. The first-order valence-electron chi connectivity index (χ1n) is 6.73. The van der Waals surface area contributed by atoms with Crippen LogP contribution < -0.4 is 15.5 Å². The molecule has 0 aliphatic rings. The number of amides is 2. The van der Waals surface area contributed by atoms with Gasteiger partial charge in [-0.2, -0.15) is 0 Å². The predicted octanol–water partition coefficient (Wildman–Crippen LogP) is 2.94. The van der Waals surface area contributed by atoms with Crippen LogP contribution in [-0.2, 0) is 0 Å². The summed E-state index contributed by atoms with van der Waals surface area (Å²) < 4.78 is 13.1. The van der Waals surface area contributed by atoms with E-state index in [0.29, 0.717) is 28.7 Å². The van der Waals surface area contributed by atoms with Gasteiger partial charge in [-0.1, -0.05) is 6.07 Å². The Bertz CT molecular complexity index is 679. The van der Waals surface area contributed by atoms with Crippen LogP contribution in [0, 0.1) is 19.7 Å². The van der Waals surface area contributed by atoms with E-state index in [-0.39, 0.29) is 0 Å². The summed E-state index contributed by atoms with van der Waals surface area (Å²) in [7, 11) is 3.69. The van der Waals surface area contributed by atoms with Gasteiger partial charge < -0.3 is 15.5 Å². The normalized spacial score (nSPS) is 10.2. The lowest BCUT2D eigenvalue weighted by atomic mass is 10.3. The highest BCUT2D eigenvalue weighted by molar-refractivity contribution is 6.00. The van der Waals surface area contributed by atoms with Crippen molar-refractivity contribution in [3.05, 3.63) is 41.5 Å². The van der Waals surface area contributed by atoms with E-state index in [0.717, 1.165) is 0 Å². The van der Waals surface area contributed by atoms with Crippen LogP contribution in [-0.4, -0.2) is 30.1 Å². The summed E-state index contributed by atoms with van der Waals surface area (Å²) in [4.78, 5) is 22.4. The minimum Gasteiger partial charge on any atom is -0.347 e. The highest BCUT2D eigenvalue weighted by Crippen LogP contribution is 2.20. The molecule has 1 heterocycles. The van der Waals surface area contributed by atoms with E-state index >= 15 is 0 Å². The van der Waals surface area contributed by atoms with E-state index in [1.807, 2.05) is 14.1 Å². The van der Waals surface area contributed by atoms with Crippen LogP contribution in [0.1, 0.15) is 11.4 Å². The molecule has 22 heavy (non-hydrogen) atoms. The Labute approximate surface area is 128 Å². The van der Waals surface area contributed by atoms with Crippen molar-refractivity contribution >= 4 is 23.4 Å². The summed E-state index contributed by atoms with van der Waals surface area (Å²) in [6.45, 7) is 3.58. The van der Waals surface area contributed by atoms with Crippen LogP contribution in [0.2, 0.25) is 0 Å². The minimum absolute atomic E-state index is 0.374. The molecule has 0 bridgehead atoms. The molecule has 0 unspecified atom stereocenters. The molecule has 1 aromatic carbocycles. The van der Waals surface area contributed by atoms with E-state index in [1.165, 1.54) is 18.2 Å². The number of rotatable bonds is 3. The monoisotopic (exact) mass is 303 g/mol. The highest BCUT2D eigenvalue weighted by Gasteiger charge is 2.12. The Morgan fingerprint density at radius 1 is 1.14 bits per heavy atom. The van der Waals surface area contributed by atoms with Gasteiger partial charge in [0.25, 0.3) is 0 Å². The Hall–Kier alpha value is -2.70. The maximum atomic E-state index is 13.1. The molecule has 6 nitrogen and oxygen atoms in total. The third-order valence-corrected chi connectivity index (χ3v) is 2.98. The summed E-state index contributed by atoms with van der Waals surface area (Å²) >= 11 is 0. The Balaban J connectivity index is 2.15. The van der Waals surface area contributed by atoms with E-state index in [1.54, 1.807) is 24.8 Å². The van der Waals surface area contributed by atoms with Gasteiger partial charge in [-0.05, 0) is 32.0 Å². The quantitative estimate of drug-likeness (QED) is 0.914. The lowest BCUT2D eigenvalue weighted by Gasteiger charge is -2.16.